The van der Waals surface area contributed by atoms with E-state index in [2.05, 4.69) is 25.6 Å². The first-order valence-electron chi connectivity index (χ1n) is 8.91. The van der Waals surface area contributed by atoms with Gasteiger partial charge >= 0.3 is 0 Å². The van der Waals surface area contributed by atoms with E-state index >= 15 is 0 Å². The Kier molecular flexibility index (Phi) is 5.24. The first-order chi connectivity index (χ1) is 14.2. The minimum atomic E-state index is -0.699. The van der Waals surface area contributed by atoms with Crippen LogP contribution in [0, 0.1) is 0 Å². The third-order valence-electron chi connectivity index (χ3n) is 4.42. The van der Waals surface area contributed by atoms with Gasteiger partial charge in [-0.1, -0.05) is 22.4 Å². The van der Waals surface area contributed by atoms with E-state index in [1.54, 1.807) is 61.2 Å². The van der Waals surface area contributed by atoms with Crippen molar-refractivity contribution in [1.82, 2.24) is 9.97 Å². The summed E-state index contributed by atoms with van der Waals surface area (Å²) in [6.07, 6.45) is 6.29. The zero-order chi connectivity index (χ0) is 20.1. The summed E-state index contributed by atoms with van der Waals surface area (Å²) in [5, 5.41) is 19.5. The monoisotopic (exact) mass is 387 g/mol. The van der Waals surface area contributed by atoms with Crippen LogP contribution in [-0.2, 0) is 9.63 Å². The summed E-state index contributed by atoms with van der Waals surface area (Å²) in [6, 6.07) is 14.2. The number of nitrogens with one attached hydrogen (secondary N) is 1. The Morgan fingerprint density at radius 3 is 2.45 bits per heavy atom. The van der Waals surface area contributed by atoms with Crippen molar-refractivity contribution in [1.29, 1.82) is 0 Å². The van der Waals surface area contributed by atoms with E-state index in [1.165, 1.54) is 0 Å². The van der Waals surface area contributed by atoms with Gasteiger partial charge in [-0.3, -0.25) is 14.8 Å². The molecule has 2 N–H and O–H groups in total. The molecule has 3 aromatic rings. The van der Waals surface area contributed by atoms with Crippen LogP contribution < -0.4 is 5.32 Å². The Morgan fingerprint density at radius 1 is 1.03 bits per heavy atom. The molecule has 0 saturated carbocycles. The fourth-order valence-corrected chi connectivity index (χ4v) is 2.94. The van der Waals surface area contributed by atoms with Gasteiger partial charge in [0.05, 0.1) is 5.71 Å². The summed E-state index contributed by atoms with van der Waals surface area (Å²) in [6.45, 7) is 0. The molecule has 8 heteroatoms. The average Bonchev–Trinajstić information content (AvgIpc) is 3.27. The molecule has 1 aromatic carbocycles. The first-order valence-corrected chi connectivity index (χ1v) is 8.91. The molecule has 8 nitrogen and oxygen atoms in total. The number of benzene rings is 1. The van der Waals surface area contributed by atoms with E-state index in [4.69, 9.17) is 4.84 Å². The van der Waals surface area contributed by atoms with Crippen molar-refractivity contribution < 1.29 is 14.8 Å². The Hall–Kier alpha value is -4.07. The molecule has 1 amide bonds. The number of pyridine rings is 2. The van der Waals surface area contributed by atoms with Gasteiger partial charge in [0, 0.05) is 53.6 Å². The minimum absolute atomic E-state index is 0.288. The van der Waals surface area contributed by atoms with Crippen LogP contribution in [0.4, 0.5) is 5.69 Å². The fraction of sp³-hybridized carbons (Fsp3) is 0.0952. The molecule has 2 aromatic heterocycles. The predicted molar refractivity (Wildman–Crippen MR) is 107 cm³/mol. The van der Waals surface area contributed by atoms with Gasteiger partial charge in [-0.15, -0.1) is 0 Å². The van der Waals surface area contributed by atoms with Crippen LogP contribution in [0.15, 0.2) is 83.6 Å². The summed E-state index contributed by atoms with van der Waals surface area (Å²) in [7, 11) is 0. The van der Waals surface area contributed by atoms with Crippen LogP contribution in [0.2, 0.25) is 0 Å². The molecule has 1 atom stereocenters. The highest BCUT2D eigenvalue weighted by Gasteiger charge is 2.29. The van der Waals surface area contributed by atoms with E-state index < -0.39 is 6.10 Å². The molecule has 1 unspecified atom stereocenters. The second-order valence-corrected chi connectivity index (χ2v) is 6.33. The third-order valence-corrected chi connectivity index (χ3v) is 4.42. The van der Waals surface area contributed by atoms with Gasteiger partial charge in [-0.2, -0.15) is 0 Å². The molecule has 0 aliphatic carbocycles. The van der Waals surface area contributed by atoms with Crippen molar-refractivity contribution in [2.45, 2.75) is 12.5 Å². The van der Waals surface area contributed by atoms with Crippen LogP contribution in [-0.4, -0.2) is 38.6 Å². The van der Waals surface area contributed by atoms with Crippen molar-refractivity contribution >= 4 is 23.0 Å². The standard InChI is InChI=1S/C21H17N5O3/c27-21(19-11-18(26-29-19)15-3-1-9-22-12-15)24-17-7-5-14(6-8-17)20(25-28)16-4-2-10-23-13-16/h1-10,12-13,19,28H,11H2,(H,24,27). The van der Waals surface area contributed by atoms with Crippen LogP contribution >= 0.6 is 0 Å². The highest BCUT2D eigenvalue weighted by molar-refractivity contribution is 6.12. The maximum Gasteiger partial charge on any atom is 0.268 e. The maximum absolute atomic E-state index is 12.5. The molecular weight excluding hydrogens is 370 g/mol. The van der Waals surface area contributed by atoms with Gasteiger partial charge in [0.15, 0.2) is 0 Å². The van der Waals surface area contributed by atoms with E-state index in [0.717, 1.165) is 5.56 Å². The quantitative estimate of drug-likeness (QED) is 0.397. The molecule has 0 radical (unpaired) electrons. The topological polar surface area (TPSA) is 109 Å². The molecule has 1 aliphatic heterocycles. The van der Waals surface area contributed by atoms with Crippen molar-refractivity contribution in [2.24, 2.45) is 10.3 Å². The lowest BCUT2D eigenvalue weighted by molar-refractivity contribution is -0.125. The molecule has 29 heavy (non-hydrogen) atoms. The van der Waals surface area contributed by atoms with Gasteiger partial charge < -0.3 is 15.4 Å². The Balaban J connectivity index is 1.40. The van der Waals surface area contributed by atoms with E-state index in [-0.39, 0.29) is 5.91 Å². The number of amides is 1. The number of carbonyl (C=O) groups excluding carboxylic acids is 1. The number of hydrogen-bond acceptors (Lipinski definition) is 7. The molecule has 0 saturated heterocycles. The Labute approximate surface area is 166 Å². The molecule has 0 bridgehead atoms. The van der Waals surface area contributed by atoms with Crippen molar-refractivity contribution in [3.8, 4) is 0 Å². The zero-order valence-electron chi connectivity index (χ0n) is 15.3. The van der Waals surface area contributed by atoms with Crippen LogP contribution in [0.1, 0.15) is 23.1 Å². The average molecular weight is 387 g/mol. The lowest BCUT2D eigenvalue weighted by Crippen LogP contribution is -2.28. The van der Waals surface area contributed by atoms with Gasteiger partial charge in [-0.25, -0.2) is 0 Å². The van der Waals surface area contributed by atoms with Gasteiger partial charge in [0.1, 0.15) is 5.71 Å². The Morgan fingerprint density at radius 2 is 1.79 bits per heavy atom. The lowest BCUT2D eigenvalue weighted by atomic mass is 10.0. The molecule has 1 aliphatic rings. The zero-order valence-corrected chi connectivity index (χ0v) is 15.3. The number of rotatable bonds is 5. The van der Waals surface area contributed by atoms with Gasteiger partial charge in [-0.05, 0) is 36.4 Å². The summed E-state index contributed by atoms with van der Waals surface area (Å²) >= 11 is 0. The van der Waals surface area contributed by atoms with Crippen LogP contribution in [0.3, 0.4) is 0 Å². The lowest BCUT2D eigenvalue weighted by Gasteiger charge is -2.10. The second-order valence-electron chi connectivity index (χ2n) is 6.33. The molecule has 144 valence electrons. The first kappa shape index (κ1) is 18.3. The summed E-state index contributed by atoms with van der Waals surface area (Å²) in [5.41, 5.74) is 3.89. The SMILES string of the molecule is O=C(Nc1ccc(C(=NO)c2cccnc2)cc1)C1CC(c2cccnc2)=NO1. The number of aromatic nitrogens is 2. The molecule has 0 fully saturated rings. The van der Waals surface area contributed by atoms with E-state index in [0.29, 0.717) is 34.7 Å². The largest absolute Gasteiger partial charge is 0.410 e. The second kappa shape index (κ2) is 8.30. The normalized spacial score (nSPS) is 16.1. The van der Waals surface area contributed by atoms with Crippen molar-refractivity contribution in [3.63, 3.8) is 0 Å². The molecule has 0 spiro atoms. The summed E-state index contributed by atoms with van der Waals surface area (Å²) < 4.78 is 0. The number of hydrogen-bond donors (Lipinski definition) is 2. The molecule has 3 heterocycles. The predicted octanol–water partition coefficient (Wildman–Crippen LogP) is 2.83. The van der Waals surface area contributed by atoms with Crippen molar-refractivity contribution in [3.05, 3.63) is 90.0 Å². The van der Waals surface area contributed by atoms with E-state index in [1.807, 2.05) is 12.1 Å². The van der Waals surface area contributed by atoms with Crippen molar-refractivity contribution in [2.75, 3.05) is 5.32 Å². The van der Waals surface area contributed by atoms with Gasteiger partial charge in [0.2, 0.25) is 6.10 Å². The van der Waals surface area contributed by atoms with Crippen LogP contribution in [0.5, 0.6) is 0 Å². The number of nitrogens with zero attached hydrogens (tertiary/aromatic N) is 4. The highest BCUT2D eigenvalue weighted by Crippen LogP contribution is 2.19. The molecular formula is C21H17N5O3. The van der Waals surface area contributed by atoms with Crippen LogP contribution in [0.25, 0.3) is 0 Å². The number of carbonyl (C=O) groups is 1. The maximum atomic E-state index is 12.5. The minimum Gasteiger partial charge on any atom is -0.410 e. The summed E-state index contributed by atoms with van der Waals surface area (Å²) in [4.78, 5) is 25.9. The van der Waals surface area contributed by atoms with Gasteiger partial charge in [0.25, 0.3) is 5.91 Å². The molecule has 4 rings (SSSR count). The number of oxime groups is 2. The fourth-order valence-electron chi connectivity index (χ4n) is 2.94. The van der Waals surface area contributed by atoms with E-state index in [9.17, 15) is 10.0 Å². The third kappa shape index (κ3) is 4.11. The number of anilines is 1. The smallest absolute Gasteiger partial charge is 0.268 e. The highest BCUT2D eigenvalue weighted by atomic mass is 16.6. The summed E-state index contributed by atoms with van der Waals surface area (Å²) in [5.74, 6) is -0.288. The Bertz CT molecular complexity index is 1050.